The minimum atomic E-state index is -0.183. The number of anilines is 1. The highest BCUT2D eigenvalue weighted by atomic mass is 16.2. The van der Waals surface area contributed by atoms with Gasteiger partial charge in [-0.1, -0.05) is 30.3 Å². The molecule has 2 aromatic carbocycles. The van der Waals surface area contributed by atoms with Crippen LogP contribution >= 0.6 is 0 Å². The van der Waals surface area contributed by atoms with Gasteiger partial charge in [-0.15, -0.1) is 0 Å². The van der Waals surface area contributed by atoms with Crippen LogP contribution in [-0.2, 0) is 9.59 Å². The van der Waals surface area contributed by atoms with E-state index in [4.69, 9.17) is 0 Å². The third-order valence-electron chi connectivity index (χ3n) is 2.89. The maximum Gasteiger partial charge on any atom is 0.234 e. The zero-order valence-electron chi connectivity index (χ0n) is 10.5. The summed E-state index contributed by atoms with van der Waals surface area (Å²) < 4.78 is 0. The Bertz CT molecular complexity index is 604. The van der Waals surface area contributed by atoms with Gasteiger partial charge in [-0.25, -0.2) is 0 Å². The lowest BCUT2D eigenvalue weighted by atomic mass is 10.1. The van der Waals surface area contributed by atoms with E-state index in [0.29, 0.717) is 0 Å². The second-order valence-electron chi connectivity index (χ2n) is 4.36. The summed E-state index contributed by atoms with van der Waals surface area (Å²) >= 11 is 0. The lowest BCUT2D eigenvalue weighted by molar-refractivity contribution is -0.125. The first-order chi connectivity index (χ1) is 8.58. The summed E-state index contributed by atoms with van der Waals surface area (Å²) in [6.07, 6.45) is -0.0523. The molecule has 0 saturated carbocycles. The highest BCUT2D eigenvalue weighted by Gasteiger charge is 2.12. The van der Waals surface area contributed by atoms with Gasteiger partial charge >= 0.3 is 0 Å². The first kappa shape index (κ1) is 12.3. The molecule has 2 aromatic rings. The molecule has 0 heterocycles. The average Bonchev–Trinajstić information content (AvgIpc) is 2.36. The number of carbonyl (C=O) groups excluding carboxylic acids is 2. The summed E-state index contributed by atoms with van der Waals surface area (Å²) in [5.41, 5.74) is 0.806. The Balaban J connectivity index is 2.30. The van der Waals surface area contributed by atoms with Crippen LogP contribution in [0, 0.1) is 0 Å². The fourth-order valence-corrected chi connectivity index (χ4v) is 1.86. The van der Waals surface area contributed by atoms with Gasteiger partial charge in [0.1, 0.15) is 5.78 Å². The largest absolute Gasteiger partial charge is 0.315 e. The summed E-state index contributed by atoms with van der Waals surface area (Å²) in [4.78, 5) is 24.3. The lowest BCUT2D eigenvalue weighted by Crippen LogP contribution is -2.27. The molecule has 1 amide bonds. The Kier molecular flexibility index (Phi) is 3.42. The molecular formula is C15H15NO2. The number of Topliss-reactive ketones (excluding diaryl/α,β-unsaturated/α-hetero) is 1. The molecule has 0 N–H and O–H groups in total. The number of fused-ring (bicyclic) bond motifs is 1. The van der Waals surface area contributed by atoms with Crippen molar-refractivity contribution in [2.45, 2.75) is 13.3 Å². The molecule has 18 heavy (non-hydrogen) atoms. The van der Waals surface area contributed by atoms with Gasteiger partial charge in [0.2, 0.25) is 5.91 Å². The van der Waals surface area contributed by atoms with Gasteiger partial charge < -0.3 is 4.90 Å². The Morgan fingerprint density at radius 2 is 1.72 bits per heavy atom. The fraction of sp³-hybridized carbons (Fsp3) is 0.200. The van der Waals surface area contributed by atoms with E-state index in [9.17, 15) is 9.59 Å². The first-order valence-electron chi connectivity index (χ1n) is 5.83. The van der Waals surface area contributed by atoms with Gasteiger partial charge in [-0.2, -0.15) is 0 Å². The van der Waals surface area contributed by atoms with Crippen LogP contribution in [0.3, 0.4) is 0 Å². The van der Waals surface area contributed by atoms with E-state index >= 15 is 0 Å². The topological polar surface area (TPSA) is 37.4 Å². The van der Waals surface area contributed by atoms with Gasteiger partial charge in [-0.05, 0) is 29.8 Å². The normalized spacial score (nSPS) is 10.3. The molecule has 0 unspecified atom stereocenters. The summed E-state index contributed by atoms with van der Waals surface area (Å²) in [6, 6.07) is 13.8. The van der Waals surface area contributed by atoms with E-state index in [0.717, 1.165) is 16.5 Å². The number of ketones is 1. The van der Waals surface area contributed by atoms with Crippen molar-refractivity contribution in [1.82, 2.24) is 0 Å². The van der Waals surface area contributed by atoms with Crippen molar-refractivity contribution in [2.75, 3.05) is 11.9 Å². The van der Waals surface area contributed by atoms with Gasteiger partial charge in [0.25, 0.3) is 0 Å². The molecule has 0 saturated heterocycles. The van der Waals surface area contributed by atoms with Crippen molar-refractivity contribution in [2.24, 2.45) is 0 Å². The van der Waals surface area contributed by atoms with Crippen LogP contribution in [0.15, 0.2) is 42.5 Å². The van der Waals surface area contributed by atoms with Crippen molar-refractivity contribution >= 4 is 28.2 Å². The minimum Gasteiger partial charge on any atom is -0.315 e. The fourth-order valence-electron chi connectivity index (χ4n) is 1.86. The molecule has 0 aliphatic carbocycles. The summed E-state index contributed by atoms with van der Waals surface area (Å²) in [5.74, 6) is -0.301. The number of hydrogen-bond acceptors (Lipinski definition) is 2. The molecule has 0 bridgehead atoms. The first-order valence-corrected chi connectivity index (χ1v) is 5.83. The van der Waals surface area contributed by atoms with Crippen LogP contribution in [0.4, 0.5) is 5.69 Å². The lowest BCUT2D eigenvalue weighted by Gasteiger charge is -2.17. The maximum absolute atomic E-state index is 11.8. The molecule has 0 aliphatic heterocycles. The van der Waals surface area contributed by atoms with Crippen LogP contribution in [0.5, 0.6) is 0 Å². The molecule has 2 rings (SSSR count). The molecule has 0 aromatic heterocycles. The van der Waals surface area contributed by atoms with E-state index in [1.165, 1.54) is 11.8 Å². The van der Waals surface area contributed by atoms with E-state index in [1.54, 1.807) is 7.05 Å². The third-order valence-corrected chi connectivity index (χ3v) is 2.89. The van der Waals surface area contributed by atoms with Crippen molar-refractivity contribution in [3.05, 3.63) is 42.5 Å². The number of carbonyl (C=O) groups is 2. The van der Waals surface area contributed by atoms with Crippen LogP contribution < -0.4 is 4.90 Å². The molecule has 0 aliphatic rings. The van der Waals surface area contributed by atoms with Crippen LogP contribution in [0.1, 0.15) is 13.3 Å². The highest BCUT2D eigenvalue weighted by molar-refractivity contribution is 6.05. The van der Waals surface area contributed by atoms with Crippen LogP contribution in [-0.4, -0.2) is 18.7 Å². The standard InChI is InChI=1S/C15H15NO2/c1-11(17)9-15(18)16(2)14-8-7-12-5-3-4-6-13(12)10-14/h3-8,10H,9H2,1-2H3. The van der Waals surface area contributed by atoms with Gasteiger partial charge in [-0.3, -0.25) is 9.59 Å². The Morgan fingerprint density at radius 1 is 1.06 bits per heavy atom. The van der Waals surface area contributed by atoms with Gasteiger partial charge in [0.15, 0.2) is 0 Å². The monoisotopic (exact) mass is 241 g/mol. The number of rotatable bonds is 3. The van der Waals surface area contributed by atoms with Gasteiger partial charge in [0.05, 0.1) is 6.42 Å². The van der Waals surface area contributed by atoms with Crippen molar-refractivity contribution in [3.8, 4) is 0 Å². The van der Waals surface area contributed by atoms with Crippen LogP contribution in [0.25, 0.3) is 10.8 Å². The Hall–Kier alpha value is -2.16. The molecule has 0 atom stereocenters. The van der Waals surface area contributed by atoms with E-state index in [1.807, 2.05) is 42.5 Å². The third kappa shape index (κ3) is 2.56. The predicted octanol–water partition coefficient (Wildman–Crippen LogP) is 2.78. The summed E-state index contributed by atoms with van der Waals surface area (Å²) in [7, 11) is 1.69. The SMILES string of the molecule is CC(=O)CC(=O)N(C)c1ccc2ccccc2c1. The second-order valence-corrected chi connectivity index (χ2v) is 4.36. The Labute approximate surface area is 106 Å². The van der Waals surface area contributed by atoms with Gasteiger partial charge in [0, 0.05) is 12.7 Å². The quantitative estimate of drug-likeness (QED) is 0.775. The molecule has 0 spiro atoms. The number of nitrogens with zero attached hydrogens (tertiary/aromatic N) is 1. The second kappa shape index (κ2) is 5.00. The minimum absolute atomic E-state index is 0.0523. The molecule has 92 valence electrons. The van der Waals surface area contributed by atoms with E-state index in [2.05, 4.69) is 0 Å². The molecular weight excluding hydrogens is 226 g/mol. The molecule has 3 heteroatoms. The highest BCUT2D eigenvalue weighted by Crippen LogP contribution is 2.21. The Morgan fingerprint density at radius 3 is 2.39 bits per heavy atom. The summed E-state index contributed by atoms with van der Waals surface area (Å²) in [6.45, 7) is 1.42. The predicted molar refractivity (Wildman–Crippen MR) is 72.7 cm³/mol. The molecule has 0 fully saturated rings. The molecule has 3 nitrogen and oxygen atoms in total. The van der Waals surface area contributed by atoms with Crippen molar-refractivity contribution in [3.63, 3.8) is 0 Å². The summed E-state index contributed by atoms with van der Waals surface area (Å²) in [5, 5.41) is 2.21. The zero-order valence-corrected chi connectivity index (χ0v) is 10.5. The number of amides is 1. The van der Waals surface area contributed by atoms with E-state index in [-0.39, 0.29) is 18.1 Å². The van der Waals surface area contributed by atoms with Crippen molar-refractivity contribution in [1.29, 1.82) is 0 Å². The van der Waals surface area contributed by atoms with Crippen LogP contribution in [0.2, 0.25) is 0 Å². The van der Waals surface area contributed by atoms with Crippen molar-refractivity contribution < 1.29 is 9.59 Å². The average molecular weight is 241 g/mol. The molecule has 0 radical (unpaired) electrons. The zero-order chi connectivity index (χ0) is 13.1. The van der Waals surface area contributed by atoms with E-state index < -0.39 is 0 Å². The maximum atomic E-state index is 11.8. The number of benzene rings is 2. The smallest absolute Gasteiger partial charge is 0.234 e. The number of hydrogen-bond donors (Lipinski definition) is 0.